The minimum Gasteiger partial charge on any atom is -0.462 e. The molecule has 0 rings (SSSR count). The molecule has 57 heavy (non-hydrogen) atoms. The Balaban J connectivity index is 4.25. The Kier molecular flexibility index (Phi) is 43.9. The van der Waals surface area contributed by atoms with Crippen LogP contribution in [-0.4, -0.2) is 37.2 Å². The minimum atomic E-state index is -0.777. The molecule has 1 unspecified atom stereocenters. The summed E-state index contributed by atoms with van der Waals surface area (Å²) in [5, 5.41) is 0. The van der Waals surface area contributed by atoms with Gasteiger partial charge in [-0.05, 0) is 77.0 Å². The third-order valence-corrected chi connectivity index (χ3v) is 10.3. The Morgan fingerprint density at radius 1 is 0.351 bits per heavy atom. The average Bonchev–Trinajstić information content (AvgIpc) is 3.21. The standard InChI is InChI=1S/C51H90O6/c1-4-7-10-13-16-18-20-21-22-23-24-25-26-27-28-29-31-32-35-38-41-44-50(53)56-47-48(46-55-49(52)43-40-37-34-15-12-9-6-3)57-51(54)45-42-39-36-33-30-19-17-14-11-8-5-2/h14,17,20-21,23-24,26-27,48H,4-13,15-16,18-19,22,25,28-47H2,1-3H3/b17-14-,21-20-,24-23-,27-26-. The fourth-order valence-corrected chi connectivity index (χ4v) is 6.61. The summed E-state index contributed by atoms with van der Waals surface area (Å²) in [6.07, 6.45) is 53.9. The summed E-state index contributed by atoms with van der Waals surface area (Å²) in [5.74, 6) is -0.909. The van der Waals surface area contributed by atoms with Crippen molar-refractivity contribution in [3.63, 3.8) is 0 Å². The van der Waals surface area contributed by atoms with E-state index in [1.165, 1.54) is 109 Å². The van der Waals surface area contributed by atoms with Gasteiger partial charge in [0, 0.05) is 19.3 Å². The van der Waals surface area contributed by atoms with Crippen molar-refractivity contribution < 1.29 is 28.6 Å². The van der Waals surface area contributed by atoms with Crippen molar-refractivity contribution in [3.05, 3.63) is 48.6 Å². The van der Waals surface area contributed by atoms with Crippen LogP contribution in [0.4, 0.5) is 0 Å². The molecular weight excluding hydrogens is 709 g/mol. The molecule has 0 aromatic heterocycles. The van der Waals surface area contributed by atoms with Gasteiger partial charge in [-0.1, -0.05) is 191 Å². The van der Waals surface area contributed by atoms with Gasteiger partial charge in [-0.3, -0.25) is 14.4 Å². The summed E-state index contributed by atoms with van der Waals surface area (Å²) in [6.45, 7) is 6.52. The van der Waals surface area contributed by atoms with Crippen LogP contribution in [0.3, 0.4) is 0 Å². The summed E-state index contributed by atoms with van der Waals surface area (Å²) >= 11 is 0. The lowest BCUT2D eigenvalue weighted by Gasteiger charge is -2.18. The molecule has 0 radical (unpaired) electrons. The van der Waals surface area contributed by atoms with E-state index in [2.05, 4.69) is 69.4 Å². The molecule has 0 N–H and O–H groups in total. The van der Waals surface area contributed by atoms with Gasteiger partial charge in [0.15, 0.2) is 6.10 Å². The maximum atomic E-state index is 12.7. The zero-order valence-corrected chi connectivity index (χ0v) is 37.6. The van der Waals surface area contributed by atoms with Gasteiger partial charge < -0.3 is 14.2 Å². The zero-order chi connectivity index (χ0) is 41.5. The molecular formula is C51H90O6. The third kappa shape index (κ3) is 44.3. The summed E-state index contributed by atoms with van der Waals surface area (Å²) in [6, 6.07) is 0. The number of carbonyl (C=O) groups is 3. The van der Waals surface area contributed by atoms with Gasteiger partial charge >= 0.3 is 17.9 Å². The summed E-state index contributed by atoms with van der Waals surface area (Å²) in [4.78, 5) is 37.6. The van der Waals surface area contributed by atoms with E-state index in [1.807, 2.05) is 0 Å². The molecule has 0 aliphatic heterocycles. The van der Waals surface area contributed by atoms with E-state index in [0.29, 0.717) is 19.3 Å². The number of hydrogen-bond acceptors (Lipinski definition) is 6. The summed E-state index contributed by atoms with van der Waals surface area (Å²) < 4.78 is 16.6. The molecule has 6 heteroatoms. The Labute approximate surface area is 352 Å². The van der Waals surface area contributed by atoms with Crippen LogP contribution in [0.1, 0.15) is 239 Å². The highest BCUT2D eigenvalue weighted by molar-refractivity contribution is 5.71. The molecule has 0 aliphatic carbocycles. The first-order valence-corrected chi connectivity index (χ1v) is 24.1. The Bertz CT molecular complexity index is 1010. The van der Waals surface area contributed by atoms with E-state index in [-0.39, 0.29) is 31.1 Å². The molecule has 0 fully saturated rings. The van der Waals surface area contributed by atoms with Gasteiger partial charge in [0.1, 0.15) is 13.2 Å². The van der Waals surface area contributed by atoms with Gasteiger partial charge in [0.2, 0.25) is 0 Å². The predicted octanol–water partition coefficient (Wildman–Crippen LogP) is 15.5. The molecule has 0 heterocycles. The quantitative estimate of drug-likeness (QED) is 0.0265. The van der Waals surface area contributed by atoms with Crippen molar-refractivity contribution in [2.45, 2.75) is 245 Å². The maximum Gasteiger partial charge on any atom is 0.306 e. The van der Waals surface area contributed by atoms with Crippen LogP contribution in [0.25, 0.3) is 0 Å². The predicted molar refractivity (Wildman–Crippen MR) is 242 cm³/mol. The van der Waals surface area contributed by atoms with E-state index in [1.54, 1.807) is 0 Å². The van der Waals surface area contributed by atoms with Gasteiger partial charge in [-0.25, -0.2) is 0 Å². The van der Waals surface area contributed by atoms with Crippen LogP contribution in [0.15, 0.2) is 48.6 Å². The van der Waals surface area contributed by atoms with Gasteiger partial charge in [0.25, 0.3) is 0 Å². The highest BCUT2D eigenvalue weighted by Gasteiger charge is 2.19. The number of hydrogen-bond donors (Lipinski definition) is 0. The number of ether oxygens (including phenoxy) is 3. The van der Waals surface area contributed by atoms with Crippen molar-refractivity contribution in [3.8, 4) is 0 Å². The molecule has 0 saturated heterocycles. The highest BCUT2D eigenvalue weighted by atomic mass is 16.6. The van der Waals surface area contributed by atoms with E-state index >= 15 is 0 Å². The number of unbranched alkanes of at least 4 members (excludes halogenated alkanes) is 24. The van der Waals surface area contributed by atoms with E-state index in [4.69, 9.17) is 14.2 Å². The largest absolute Gasteiger partial charge is 0.462 e. The maximum absolute atomic E-state index is 12.7. The van der Waals surface area contributed by atoms with Crippen molar-refractivity contribution in [1.82, 2.24) is 0 Å². The minimum absolute atomic E-state index is 0.0804. The monoisotopic (exact) mass is 799 g/mol. The topological polar surface area (TPSA) is 78.9 Å². The Morgan fingerprint density at radius 2 is 0.649 bits per heavy atom. The lowest BCUT2D eigenvalue weighted by molar-refractivity contribution is -0.167. The first-order valence-electron chi connectivity index (χ1n) is 24.1. The lowest BCUT2D eigenvalue weighted by atomic mass is 10.1. The second kappa shape index (κ2) is 46.1. The van der Waals surface area contributed by atoms with Gasteiger partial charge in [-0.15, -0.1) is 0 Å². The fourth-order valence-electron chi connectivity index (χ4n) is 6.61. The Morgan fingerprint density at radius 3 is 1.05 bits per heavy atom. The number of carbonyl (C=O) groups excluding carboxylic acids is 3. The van der Waals surface area contributed by atoms with E-state index < -0.39 is 6.10 Å². The second-order valence-corrected chi connectivity index (χ2v) is 16.0. The number of esters is 3. The molecule has 0 aromatic carbocycles. The summed E-state index contributed by atoms with van der Waals surface area (Å²) in [5.41, 5.74) is 0. The summed E-state index contributed by atoms with van der Waals surface area (Å²) in [7, 11) is 0. The molecule has 6 nitrogen and oxygen atoms in total. The lowest BCUT2D eigenvalue weighted by Crippen LogP contribution is -2.30. The van der Waals surface area contributed by atoms with Crippen molar-refractivity contribution in [1.29, 1.82) is 0 Å². The fraction of sp³-hybridized carbons (Fsp3) is 0.784. The first-order chi connectivity index (χ1) is 28.0. The smallest absolute Gasteiger partial charge is 0.306 e. The zero-order valence-electron chi connectivity index (χ0n) is 37.6. The van der Waals surface area contributed by atoms with Crippen LogP contribution in [0, 0.1) is 0 Å². The van der Waals surface area contributed by atoms with Crippen LogP contribution in [0.2, 0.25) is 0 Å². The average molecular weight is 799 g/mol. The van der Waals surface area contributed by atoms with Gasteiger partial charge in [0.05, 0.1) is 0 Å². The molecule has 1 atom stereocenters. The molecule has 0 amide bonds. The van der Waals surface area contributed by atoms with E-state index in [0.717, 1.165) is 89.9 Å². The van der Waals surface area contributed by atoms with E-state index in [9.17, 15) is 14.4 Å². The molecule has 0 aromatic rings. The highest BCUT2D eigenvalue weighted by Crippen LogP contribution is 2.13. The van der Waals surface area contributed by atoms with Gasteiger partial charge in [-0.2, -0.15) is 0 Å². The normalized spacial score (nSPS) is 12.4. The van der Waals surface area contributed by atoms with Crippen molar-refractivity contribution in [2.75, 3.05) is 13.2 Å². The number of rotatable bonds is 43. The molecule has 0 aliphatic rings. The third-order valence-electron chi connectivity index (χ3n) is 10.3. The van der Waals surface area contributed by atoms with Crippen molar-refractivity contribution in [2.24, 2.45) is 0 Å². The molecule has 330 valence electrons. The van der Waals surface area contributed by atoms with Crippen LogP contribution >= 0.6 is 0 Å². The second-order valence-electron chi connectivity index (χ2n) is 16.0. The van der Waals surface area contributed by atoms with Crippen molar-refractivity contribution >= 4 is 17.9 Å². The Hall–Kier alpha value is -2.63. The SMILES string of the molecule is CCCC/C=C\CCCCCCCC(=O)OC(COC(=O)CCCCCCCCC)COC(=O)CCCCCCCC/C=C\C/C=C\C/C=C\CCCCCCC. The number of allylic oxidation sites excluding steroid dienone is 8. The molecule has 0 saturated carbocycles. The molecule has 0 bridgehead atoms. The van der Waals surface area contributed by atoms with Crippen LogP contribution in [0.5, 0.6) is 0 Å². The van der Waals surface area contributed by atoms with Crippen LogP contribution < -0.4 is 0 Å². The first kappa shape index (κ1) is 54.4. The van der Waals surface area contributed by atoms with Crippen LogP contribution in [-0.2, 0) is 28.6 Å². The molecule has 0 spiro atoms.